The van der Waals surface area contributed by atoms with E-state index in [1.165, 1.54) is 0 Å². The smallest absolute Gasteiger partial charge is 0.0201 e. The fourth-order valence-corrected chi connectivity index (χ4v) is 1.14. The molecule has 8 heavy (non-hydrogen) atoms. The van der Waals surface area contributed by atoms with Gasteiger partial charge in [0.15, 0.2) is 0 Å². The van der Waals surface area contributed by atoms with Crippen molar-refractivity contribution < 1.29 is 0 Å². The molecule has 0 aromatic carbocycles. The molecule has 0 radical (unpaired) electrons. The zero-order chi connectivity index (χ0) is 5.98. The molecule has 42 valence electrons. The van der Waals surface area contributed by atoms with Crippen LogP contribution in [-0.2, 0) is 0 Å². The Bertz CT molecular complexity index is 165. The van der Waals surface area contributed by atoms with Gasteiger partial charge in [-0.2, -0.15) is 0 Å². The van der Waals surface area contributed by atoms with Crippen LogP contribution in [0.15, 0.2) is 23.1 Å². The van der Waals surface area contributed by atoms with E-state index in [2.05, 4.69) is 12.6 Å². The first-order chi connectivity index (χ1) is 3.79. The predicted molar refractivity (Wildman–Crippen MR) is 43.4 cm³/mol. The maximum Gasteiger partial charge on any atom is 0.0201 e. The van der Waals surface area contributed by atoms with E-state index in [9.17, 15) is 0 Å². The third-order valence-corrected chi connectivity index (χ3v) is 1.48. The monoisotopic (exact) mass is 142 g/mol. The Morgan fingerprint density at radius 3 is 2.75 bits per heavy atom. The van der Waals surface area contributed by atoms with Crippen LogP contribution in [0.5, 0.6) is 0 Å². The minimum atomic E-state index is 0.902. The lowest BCUT2D eigenvalue weighted by Crippen LogP contribution is -1.90. The maximum absolute atomic E-state index is 4.91. The van der Waals surface area contributed by atoms with Crippen molar-refractivity contribution in [1.82, 2.24) is 0 Å². The summed E-state index contributed by atoms with van der Waals surface area (Å²) >= 11 is 9.01. The van der Waals surface area contributed by atoms with Crippen molar-refractivity contribution in [2.45, 2.75) is 6.42 Å². The molecule has 0 heterocycles. The molecular formula is C6H6S2. The van der Waals surface area contributed by atoms with E-state index < -0.39 is 0 Å². The summed E-state index contributed by atoms with van der Waals surface area (Å²) in [5.74, 6) is 0. The second-order valence-corrected chi connectivity index (χ2v) is 2.68. The van der Waals surface area contributed by atoms with Crippen LogP contribution >= 0.6 is 24.8 Å². The van der Waals surface area contributed by atoms with Gasteiger partial charge in [-0.05, 0) is 6.08 Å². The van der Waals surface area contributed by atoms with E-state index in [1.54, 1.807) is 0 Å². The molecule has 0 aliphatic heterocycles. The molecule has 0 bridgehead atoms. The van der Waals surface area contributed by atoms with E-state index in [4.69, 9.17) is 12.2 Å². The fourth-order valence-electron chi connectivity index (χ4n) is 0.568. The molecule has 0 saturated carbocycles. The Labute approximate surface area is 59.7 Å². The summed E-state index contributed by atoms with van der Waals surface area (Å²) in [5.41, 5.74) is 0. The Hall–Kier alpha value is -0.0800. The minimum absolute atomic E-state index is 0.902. The van der Waals surface area contributed by atoms with Crippen LogP contribution in [-0.4, -0.2) is 4.86 Å². The first kappa shape index (κ1) is 6.05. The molecule has 0 spiro atoms. The molecule has 0 saturated heterocycles. The molecule has 0 unspecified atom stereocenters. The van der Waals surface area contributed by atoms with Gasteiger partial charge < -0.3 is 0 Å². The predicted octanol–water partition coefficient (Wildman–Crippen LogP) is 2.13. The fraction of sp³-hybridized carbons (Fsp3) is 0.167. The van der Waals surface area contributed by atoms with Crippen LogP contribution in [0.25, 0.3) is 0 Å². The zero-order valence-corrected chi connectivity index (χ0v) is 6.01. The Balaban J connectivity index is 2.77. The van der Waals surface area contributed by atoms with E-state index in [-0.39, 0.29) is 0 Å². The lowest BCUT2D eigenvalue weighted by atomic mass is 10.2. The molecule has 0 amide bonds. The first-order valence-electron chi connectivity index (χ1n) is 2.39. The lowest BCUT2D eigenvalue weighted by molar-refractivity contribution is 1.50. The molecule has 0 atom stereocenters. The summed E-state index contributed by atoms with van der Waals surface area (Å²) in [6.07, 6.45) is 6.78. The highest BCUT2D eigenvalue weighted by Gasteiger charge is 1.94. The maximum atomic E-state index is 4.91. The normalized spacial score (nSPS) is 18.6. The van der Waals surface area contributed by atoms with Gasteiger partial charge >= 0.3 is 0 Å². The summed E-state index contributed by atoms with van der Waals surface area (Å²) in [7, 11) is 0. The summed E-state index contributed by atoms with van der Waals surface area (Å²) < 4.78 is 0. The number of thiocarbonyl (C=S) groups is 1. The number of thiol groups is 1. The van der Waals surface area contributed by atoms with Crippen LogP contribution < -0.4 is 0 Å². The molecule has 1 aliphatic rings. The highest BCUT2D eigenvalue weighted by atomic mass is 32.1. The molecule has 1 aliphatic carbocycles. The van der Waals surface area contributed by atoms with Gasteiger partial charge in [-0.3, -0.25) is 0 Å². The lowest BCUT2D eigenvalue weighted by Gasteiger charge is -1.98. The van der Waals surface area contributed by atoms with Gasteiger partial charge in [0.1, 0.15) is 0 Å². The summed E-state index contributed by atoms with van der Waals surface area (Å²) in [6.45, 7) is 0. The number of allylic oxidation sites excluding steroid dienone is 3. The summed E-state index contributed by atoms with van der Waals surface area (Å²) in [6, 6.07) is 0. The van der Waals surface area contributed by atoms with Crippen molar-refractivity contribution in [3.63, 3.8) is 0 Å². The van der Waals surface area contributed by atoms with E-state index in [0.717, 1.165) is 16.2 Å². The van der Waals surface area contributed by atoms with Crippen LogP contribution in [0.4, 0.5) is 0 Å². The van der Waals surface area contributed by atoms with E-state index >= 15 is 0 Å². The van der Waals surface area contributed by atoms with Crippen molar-refractivity contribution >= 4 is 29.7 Å². The first-order valence-corrected chi connectivity index (χ1v) is 3.24. The summed E-state index contributed by atoms with van der Waals surface area (Å²) in [5, 5.41) is 0. The highest BCUT2D eigenvalue weighted by molar-refractivity contribution is 7.85. The molecular weight excluding hydrogens is 136 g/mol. The highest BCUT2D eigenvalue weighted by Crippen LogP contribution is 2.10. The topological polar surface area (TPSA) is 0 Å². The quantitative estimate of drug-likeness (QED) is 0.399. The molecule has 0 N–H and O–H groups in total. The largest absolute Gasteiger partial charge is 0.143 e. The molecule has 2 heteroatoms. The second kappa shape index (κ2) is 2.46. The molecule has 0 aromatic rings. The van der Waals surface area contributed by atoms with E-state index in [0.29, 0.717) is 0 Å². The van der Waals surface area contributed by atoms with Crippen molar-refractivity contribution in [3.8, 4) is 0 Å². The van der Waals surface area contributed by atoms with E-state index in [1.807, 2.05) is 18.2 Å². The third-order valence-electron chi connectivity index (χ3n) is 0.917. The van der Waals surface area contributed by atoms with Gasteiger partial charge in [-0.15, -0.1) is 12.6 Å². The molecule has 0 fully saturated rings. The van der Waals surface area contributed by atoms with Gasteiger partial charge in [0.05, 0.1) is 0 Å². The molecule has 0 nitrogen and oxygen atoms in total. The number of hydrogen-bond acceptors (Lipinski definition) is 2. The number of hydrogen-bond donors (Lipinski definition) is 1. The van der Waals surface area contributed by atoms with Gasteiger partial charge in [0.25, 0.3) is 0 Å². The Morgan fingerprint density at radius 1 is 1.62 bits per heavy atom. The zero-order valence-electron chi connectivity index (χ0n) is 4.29. The van der Waals surface area contributed by atoms with Gasteiger partial charge in [-0.1, -0.05) is 24.4 Å². The minimum Gasteiger partial charge on any atom is -0.143 e. The standard InChI is InChI=1S/C6H6S2/c7-5-2-1-3-6(8)4-5/h1-2,4,7H,3H2. The third kappa shape index (κ3) is 1.46. The average molecular weight is 142 g/mol. The van der Waals surface area contributed by atoms with Crippen LogP contribution in [0.3, 0.4) is 0 Å². The molecule has 1 rings (SSSR count). The summed E-state index contributed by atoms with van der Waals surface area (Å²) in [4.78, 5) is 1.93. The van der Waals surface area contributed by atoms with Crippen molar-refractivity contribution in [2.24, 2.45) is 0 Å². The van der Waals surface area contributed by atoms with Crippen molar-refractivity contribution in [2.75, 3.05) is 0 Å². The van der Waals surface area contributed by atoms with Crippen LogP contribution in [0.1, 0.15) is 6.42 Å². The van der Waals surface area contributed by atoms with Crippen LogP contribution in [0.2, 0.25) is 0 Å². The van der Waals surface area contributed by atoms with Gasteiger partial charge in [0.2, 0.25) is 0 Å². The van der Waals surface area contributed by atoms with Gasteiger partial charge in [0, 0.05) is 16.2 Å². The SMILES string of the molecule is S=C1C=C(S)C=CC1. The number of rotatable bonds is 0. The second-order valence-electron chi connectivity index (χ2n) is 1.64. The Kier molecular flexibility index (Phi) is 1.86. The van der Waals surface area contributed by atoms with Crippen molar-refractivity contribution in [3.05, 3.63) is 23.1 Å². The average Bonchev–Trinajstić information content (AvgIpc) is 1.64. The Morgan fingerprint density at radius 2 is 2.38 bits per heavy atom. The van der Waals surface area contributed by atoms with Crippen LogP contribution in [0, 0.1) is 0 Å². The molecule has 0 aromatic heterocycles. The van der Waals surface area contributed by atoms with Gasteiger partial charge in [-0.25, -0.2) is 0 Å². The van der Waals surface area contributed by atoms with Crippen molar-refractivity contribution in [1.29, 1.82) is 0 Å².